The zero-order chi connectivity index (χ0) is 18.5. The number of hydrogen-bond acceptors (Lipinski definition) is 6. The first-order chi connectivity index (χ1) is 11.1. The summed E-state index contributed by atoms with van der Waals surface area (Å²) >= 11 is 0. The van der Waals surface area contributed by atoms with E-state index < -0.39 is 34.0 Å². The van der Waals surface area contributed by atoms with Gasteiger partial charge in [-0.1, -0.05) is 0 Å². The van der Waals surface area contributed by atoms with Crippen LogP contribution in [0.1, 0.15) is 17.3 Å². The maximum Gasteiger partial charge on any atom is 0.338 e. The molecule has 1 aromatic carbocycles. The summed E-state index contributed by atoms with van der Waals surface area (Å²) in [5.41, 5.74) is 0.0762. The number of rotatable bonds is 5. The second-order valence-electron chi connectivity index (χ2n) is 4.93. The van der Waals surface area contributed by atoms with E-state index >= 15 is 0 Å². The third kappa shape index (κ3) is 4.77. The number of ether oxygens (including phenoxy) is 1. The van der Waals surface area contributed by atoms with E-state index in [1.165, 1.54) is 52.3 Å². The van der Waals surface area contributed by atoms with Gasteiger partial charge in [0.1, 0.15) is 0 Å². The van der Waals surface area contributed by atoms with Crippen LogP contribution in [0.4, 0.5) is 4.79 Å². The maximum absolute atomic E-state index is 11.9. The molecular weight excluding hydrogens is 338 g/mol. The number of nitrogens with zero attached hydrogens (tertiary/aromatic N) is 1. The Morgan fingerprint density at radius 2 is 1.67 bits per heavy atom. The van der Waals surface area contributed by atoms with Crippen LogP contribution in [-0.4, -0.2) is 57.9 Å². The molecule has 9 nitrogen and oxygen atoms in total. The SMILES string of the molecule is CNC(=O)NC(=O)C(C)OC(=O)c1ccc(S(=O)(=O)N(C)C)cc1. The molecule has 1 atom stereocenters. The van der Waals surface area contributed by atoms with Crippen LogP contribution < -0.4 is 10.6 Å². The predicted octanol–water partition coefficient (Wildman–Crippen LogP) is -0.0622. The van der Waals surface area contributed by atoms with Gasteiger partial charge in [0.15, 0.2) is 6.10 Å². The highest BCUT2D eigenvalue weighted by Gasteiger charge is 2.22. The smallest absolute Gasteiger partial charge is 0.338 e. The molecule has 1 rings (SSSR count). The number of nitrogens with one attached hydrogen (secondary N) is 2. The van der Waals surface area contributed by atoms with E-state index in [1.807, 2.05) is 5.32 Å². The van der Waals surface area contributed by atoms with Gasteiger partial charge in [-0.05, 0) is 31.2 Å². The lowest BCUT2D eigenvalue weighted by Crippen LogP contribution is -2.43. The molecule has 0 saturated heterocycles. The number of sulfonamides is 1. The zero-order valence-corrected chi connectivity index (χ0v) is 14.5. The van der Waals surface area contributed by atoms with Gasteiger partial charge in [0.05, 0.1) is 10.5 Å². The largest absolute Gasteiger partial charge is 0.449 e. The number of carbonyl (C=O) groups is 3. The normalized spacial score (nSPS) is 12.4. The minimum atomic E-state index is -3.60. The van der Waals surface area contributed by atoms with Gasteiger partial charge in [-0.15, -0.1) is 0 Å². The van der Waals surface area contributed by atoms with Gasteiger partial charge in [-0.25, -0.2) is 22.3 Å². The number of amides is 3. The van der Waals surface area contributed by atoms with Crippen LogP contribution in [0.25, 0.3) is 0 Å². The van der Waals surface area contributed by atoms with Crippen molar-refractivity contribution in [2.45, 2.75) is 17.9 Å². The Kier molecular flexibility index (Phi) is 6.43. The van der Waals surface area contributed by atoms with Crippen molar-refractivity contribution in [3.8, 4) is 0 Å². The summed E-state index contributed by atoms with van der Waals surface area (Å²) in [5, 5.41) is 4.17. The van der Waals surface area contributed by atoms with Crippen LogP contribution in [0.5, 0.6) is 0 Å². The second kappa shape index (κ2) is 7.88. The van der Waals surface area contributed by atoms with Crippen LogP contribution in [0, 0.1) is 0 Å². The quantitative estimate of drug-likeness (QED) is 0.712. The van der Waals surface area contributed by atoms with Crippen LogP contribution in [0.2, 0.25) is 0 Å². The molecule has 0 bridgehead atoms. The van der Waals surface area contributed by atoms with Gasteiger partial charge in [0.25, 0.3) is 5.91 Å². The summed E-state index contributed by atoms with van der Waals surface area (Å²) in [6.45, 7) is 1.31. The summed E-state index contributed by atoms with van der Waals surface area (Å²) in [6.07, 6.45) is -1.19. The molecule has 0 aromatic heterocycles. The Balaban J connectivity index is 2.79. The van der Waals surface area contributed by atoms with Gasteiger partial charge in [0.2, 0.25) is 10.0 Å². The fourth-order valence-corrected chi connectivity index (χ4v) is 2.43. The van der Waals surface area contributed by atoms with Crippen molar-refractivity contribution in [1.29, 1.82) is 0 Å². The molecule has 2 N–H and O–H groups in total. The standard InChI is InChI=1S/C14H19N3O6S/c1-9(12(18)16-14(20)15-2)23-13(19)10-5-7-11(8-6-10)24(21,22)17(3)4/h5-9H,1-4H3,(H2,15,16,18,20). The van der Waals surface area contributed by atoms with Gasteiger partial charge in [0, 0.05) is 21.1 Å². The molecule has 10 heteroatoms. The van der Waals surface area contributed by atoms with E-state index in [-0.39, 0.29) is 10.5 Å². The lowest BCUT2D eigenvalue weighted by atomic mass is 10.2. The summed E-state index contributed by atoms with van der Waals surface area (Å²) in [7, 11) is 0.523. The summed E-state index contributed by atoms with van der Waals surface area (Å²) in [6, 6.07) is 4.37. The first-order valence-electron chi connectivity index (χ1n) is 6.85. The highest BCUT2D eigenvalue weighted by Crippen LogP contribution is 2.15. The van der Waals surface area contributed by atoms with E-state index in [2.05, 4.69) is 5.32 Å². The molecule has 0 aliphatic rings. The van der Waals surface area contributed by atoms with Crippen molar-refractivity contribution in [2.24, 2.45) is 0 Å². The van der Waals surface area contributed by atoms with E-state index in [4.69, 9.17) is 4.74 Å². The molecule has 1 unspecified atom stereocenters. The summed E-state index contributed by atoms with van der Waals surface area (Å²) in [4.78, 5) is 34.6. The Labute approximate surface area is 140 Å². The number of benzene rings is 1. The number of carbonyl (C=O) groups excluding carboxylic acids is 3. The third-order valence-corrected chi connectivity index (χ3v) is 4.81. The zero-order valence-electron chi connectivity index (χ0n) is 13.7. The first-order valence-corrected chi connectivity index (χ1v) is 8.29. The molecule has 1 aromatic rings. The van der Waals surface area contributed by atoms with Gasteiger partial charge < -0.3 is 10.1 Å². The van der Waals surface area contributed by atoms with E-state index in [0.29, 0.717) is 0 Å². The molecule has 0 fully saturated rings. The van der Waals surface area contributed by atoms with Crippen LogP contribution in [0.15, 0.2) is 29.2 Å². The van der Waals surface area contributed by atoms with Gasteiger partial charge >= 0.3 is 12.0 Å². The fraction of sp³-hybridized carbons (Fsp3) is 0.357. The molecule has 0 spiro atoms. The Bertz CT molecular complexity index is 727. The third-order valence-electron chi connectivity index (χ3n) is 2.99. The van der Waals surface area contributed by atoms with Crippen molar-refractivity contribution >= 4 is 27.9 Å². The molecule has 24 heavy (non-hydrogen) atoms. The van der Waals surface area contributed by atoms with Crippen molar-refractivity contribution < 1.29 is 27.5 Å². The molecular formula is C14H19N3O6S. The number of imide groups is 1. The lowest BCUT2D eigenvalue weighted by Gasteiger charge is -2.13. The molecule has 0 heterocycles. The Morgan fingerprint density at radius 3 is 2.12 bits per heavy atom. The van der Waals surface area contributed by atoms with Gasteiger partial charge in [-0.3, -0.25) is 10.1 Å². The van der Waals surface area contributed by atoms with Crippen LogP contribution >= 0.6 is 0 Å². The number of hydrogen-bond donors (Lipinski definition) is 2. The van der Waals surface area contributed by atoms with Crippen molar-refractivity contribution in [3.05, 3.63) is 29.8 Å². The van der Waals surface area contributed by atoms with E-state index in [1.54, 1.807) is 0 Å². The highest BCUT2D eigenvalue weighted by atomic mass is 32.2. The average molecular weight is 357 g/mol. The summed E-state index contributed by atoms with van der Waals surface area (Å²) < 4.78 is 29.8. The van der Waals surface area contributed by atoms with Gasteiger partial charge in [-0.2, -0.15) is 0 Å². The van der Waals surface area contributed by atoms with Crippen molar-refractivity contribution in [3.63, 3.8) is 0 Å². The Hall–Kier alpha value is -2.46. The maximum atomic E-state index is 11.9. The van der Waals surface area contributed by atoms with Crippen LogP contribution in [0.3, 0.4) is 0 Å². The number of urea groups is 1. The topological polar surface area (TPSA) is 122 Å². The molecule has 0 saturated carbocycles. The first kappa shape index (κ1) is 19.6. The minimum absolute atomic E-state index is 0.0226. The second-order valence-corrected chi connectivity index (χ2v) is 7.08. The molecule has 0 aliphatic heterocycles. The van der Waals surface area contributed by atoms with E-state index in [0.717, 1.165) is 4.31 Å². The average Bonchev–Trinajstić information content (AvgIpc) is 2.54. The molecule has 132 valence electrons. The highest BCUT2D eigenvalue weighted by molar-refractivity contribution is 7.89. The summed E-state index contributed by atoms with van der Waals surface area (Å²) in [5.74, 6) is -1.60. The van der Waals surface area contributed by atoms with E-state index in [9.17, 15) is 22.8 Å². The Morgan fingerprint density at radius 1 is 1.12 bits per heavy atom. The molecule has 3 amide bonds. The molecule has 0 aliphatic carbocycles. The van der Waals surface area contributed by atoms with Crippen LogP contribution in [-0.2, 0) is 19.6 Å². The fourth-order valence-electron chi connectivity index (χ4n) is 1.53. The number of esters is 1. The lowest BCUT2D eigenvalue weighted by molar-refractivity contribution is -0.127. The minimum Gasteiger partial charge on any atom is -0.449 e. The predicted molar refractivity (Wildman–Crippen MR) is 84.8 cm³/mol. The monoisotopic (exact) mass is 357 g/mol. The van der Waals surface area contributed by atoms with Crippen molar-refractivity contribution in [1.82, 2.24) is 14.9 Å². The van der Waals surface area contributed by atoms with Crippen molar-refractivity contribution in [2.75, 3.05) is 21.1 Å². The molecule has 0 radical (unpaired) electrons.